The van der Waals surface area contributed by atoms with Gasteiger partial charge in [0, 0.05) is 28.7 Å². The molecule has 1 unspecified atom stereocenters. The van der Waals surface area contributed by atoms with Gasteiger partial charge in [0.05, 0.1) is 25.8 Å². The third-order valence-corrected chi connectivity index (χ3v) is 12.5. The molecule has 0 aliphatic rings. The van der Waals surface area contributed by atoms with E-state index in [-0.39, 0.29) is 5.04 Å². The van der Waals surface area contributed by atoms with Gasteiger partial charge in [-0.3, -0.25) is 0 Å². The zero-order valence-corrected chi connectivity index (χ0v) is 23.9. The molecule has 0 amide bonds. The second-order valence-electron chi connectivity index (χ2n) is 9.84. The van der Waals surface area contributed by atoms with Crippen molar-refractivity contribution in [2.75, 3.05) is 20.0 Å². The molecule has 2 aromatic rings. The van der Waals surface area contributed by atoms with Gasteiger partial charge in [-0.15, -0.1) is 0 Å². The van der Waals surface area contributed by atoms with Crippen molar-refractivity contribution in [3.8, 4) is 11.5 Å². The van der Waals surface area contributed by atoms with Crippen molar-refractivity contribution in [2.45, 2.75) is 71.5 Å². The van der Waals surface area contributed by atoms with Gasteiger partial charge in [0.1, 0.15) is 11.5 Å². The van der Waals surface area contributed by atoms with Crippen LogP contribution in [0.15, 0.2) is 10.6 Å². The third-order valence-electron chi connectivity index (χ3n) is 6.98. The van der Waals surface area contributed by atoms with E-state index in [4.69, 9.17) is 24.2 Å². The van der Waals surface area contributed by atoms with Crippen molar-refractivity contribution < 1.29 is 23.2 Å². The summed E-state index contributed by atoms with van der Waals surface area (Å²) >= 11 is 1.57. The molecule has 1 heterocycles. The number of methoxy groups -OCH3 is 2. The van der Waals surface area contributed by atoms with Crippen LogP contribution in [-0.2, 0) is 10.5 Å². The molecule has 1 aromatic heterocycles. The third kappa shape index (κ3) is 5.95. The molecule has 0 spiro atoms. The topological polar surface area (TPSA) is 110 Å². The number of aryl methyl sites for hydroxylation is 1. The Bertz CT molecular complexity index is 1010. The Hall–Kier alpha value is -2.04. The van der Waals surface area contributed by atoms with Crippen LogP contribution < -0.4 is 14.9 Å². The van der Waals surface area contributed by atoms with Crippen LogP contribution >= 0.6 is 11.8 Å². The fraction of sp³-hybridized carbons (Fsp3) is 0.625. The van der Waals surface area contributed by atoms with Gasteiger partial charge in [-0.05, 0) is 37.9 Å². The lowest BCUT2D eigenvalue weighted by Gasteiger charge is -2.43. The molecule has 1 atom stereocenters. The van der Waals surface area contributed by atoms with E-state index in [1.54, 1.807) is 25.8 Å². The van der Waals surface area contributed by atoms with E-state index in [9.17, 15) is 4.79 Å². The van der Waals surface area contributed by atoms with E-state index < -0.39 is 20.3 Å². The molecular formula is C24H39N3O5SSi. The molecule has 8 nitrogen and oxygen atoms in total. The Morgan fingerprint density at radius 1 is 1.24 bits per heavy atom. The zero-order valence-electron chi connectivity index (χ0n) is 22.1. The van der Waals surface area contributed by atoms with Crippen molar-refractivity contribution in [2.24, 2.45) is 11.7 Å². The molecule has 2 rings (SSSR count). The average Bonchev–Trinajstić information content (AvgIpc) is 3.20. The highest BCUT2D eigenvalue weighted by molar-refractivity contribution is 7.98. The maximum absolute atomic E-state index is 12.9. The molecule has 0 radical (unpaired) electrons. The molecule has 2 N–H and O–H groups in total. The Balaban J connectivity index is 2.48. The lowest BCUT2D eigenvalue weighted by molar-refractivity contribution is 0.0598. The SMILES string of the molecule is COC(=O)c1c(C)c(OC)cc(O[Si](C)(C)C(C)(C)C(C)C)c1CSCC(N)c1nc(C)no1. The minimum Gasteiger partial charge on any atom is -0.543 e. The van der Waals surface area contributed by atoms with Crippen molar-refractivity contribution in [1.29, 1.82) is 0 Å². The van der Waals surface area contributed by atoms with E-state index in [2.05, 4.69) is 50.9 Å². The van der Waals surface area contributed by atoms with Crippen LogP contribution in [0.5, 0.6) is 11.5 Å². The van der Waals surface area contributed by atoms with Gasteiger partial charge in [-0.25, -0.2) is 4.79 Å². The Morgan fingerprint density at radius 2 is 1.88 bits per heavy atom. The molecular weight excluding hydrogens is 470 g/mol. The Morgan fingerprint density at radius 3 is 2.38 bits per heavy atom. The van der Waals surface area contributed by atoms with Crippen LogP contribution in [0.3, 0.4) is 0 Å². The van der Waals surface area contributed by atoms with Gasteiger partial charge in [-0.2, -0.15) is 16.7 Å². The van der Waals surface area contributed by atoms with Crippen LogP contribution in [-0.4, -0.2) is 44.4 Å². The second-order valence-corrected chi connectivity index (χ2v) is 15.4. The number of nitrogens with two attached hydrogens (primary N) is 1. The van der Waals surface area contributed by atoms with E-state index in [0.717, 1.165) is 11.1 Å². The Labute approximate surface area is 208 Å². The lowest BCUT2D eigenvalue weighted by Crippen LogP contribution is -2.48. The first-order valence-electron chi connectivity index (χ1n) is 11.4. The van der Waals surface area contributed by atoms with Crippen LogP contribution in [0.25, 0.3) is 0 Å². The summed E-state index contributed by atoms with van der Waals surface area (Å²) in [6.45, 7) is 17.0. The van der Waals surface area contributed by atoms with E-state index >= 15 is 0 Å². The molecule has 190 valence electrons. The first-order valence-corrected chi connectivity index (χ1v) is 15.4. The minimum absolute atomic E-state index is 0.0147. The van der Waals surface area contributed by atoms with E-state index in [1.165, 1.54) is 7.11 Å². The van der Waals surface area contributed by atoms with E-state index in [1.807, 2.05) is 13.0 Å². The number of hydrogen-bond acceptors (Lipinski definition) is 9. The number of thioether (sulfide) groups is 1. The summed E-state index contributed by atoms with van der Waals surface area (Å²) in [5.74, 6) is 3.23. The molecule has 1 aromatic carbocycles. The summed E-state index contributed by atoms with van der Waals surface area (Å²) in [4.78, 5) is 17.1. The number of aromatic nitrogens is 2. The molecule has 34 heavy (non-hydrogen) atoms. The number of rotatable bonds is 11. The highest BCUT2D eigenvalue weighted by Crippen LogP contribution is 2.47. The summed E-state index contributed by atoms with van der Waals surface area (Å²) in [7, 11) is 0.700. The average molecular weight is 510 g/mol. The molecule has 0 bridgehead atoms. The Kier molecular flexibility index (Phi) is 9.23. The number of carbonyl (C=O) groups excluding carboxylic acids is 1. The van der Waals surface area contributed by atoms with Crippen LogP contribution in [0.4, 0.5) is 0 Å². The molecule has 0 saturated heterocycles. The van der Waals surface area contributed by atoms with Gasteiger partial charge >= 0.3 is 5.97 Å². The summed E-state index contributed by atoms with van der Waals surface area (Å²) in [6, 6.07) is 1.48. The number of ether oxygens (including phenoxy) is 2. The first-order chi connectivity index (χ1) is 15.8. The number of esters is 1. The number of hydrogen-bond donors (Lipinski definition) is 1. The lowest BCUT2D eigenvalue weighted by atomic mass is 9.99. The summed E-state index contributed by atoms with van der Waals surface area (Å²) in [5, 5.41) is 3.79. The summed E-state index contributed by atoms with van der Waals surface area (Å²) in [5.41, 5.74) is 8.22. The molecule has 0 saturated carbocycles. The monoisotopic (exact) mass is 509 g/mol. The normalized spacial score (nSPS) is 13.2. The number of nitrogens with zero attached hydrogens (tertiary/aromatic N) is 2. The molecule has 0 fully saturated rings. The van der Waals surface area contributed by atoms with Crippen molar-refractivity contribution in [3.05, 3.63) is 34.5 Å². The largest absolute Gasteiger partial charge is 0.543 e. The highest BCUT2D eigenvalue weighted by atomic mass is 32.2. The van der Waals surface area contributed by atoms with Crippen molar-refractivity contribution >= 4 is 26.0 Å². The smallest absolute Gasteiger partial charge is 0.338 e. The van der Waals surface area contributed by atoms with Crippen molar-refractivity contribution in [3.63, 3.8) is 0 Å². The standard InChI is InChI=1S/C24H39N3O5SSi/c1-14(2)24(5,6)34(9,10)32-20-11-19(29-7)15(3)21(23(28)30-8)17(20)12-33-13-18(25)22-26-16(4)27-31-22/h11,14,18H,12-13,25H2,1-10H3. The van der Waals surface area contributed by atoms with E-state index in [0.29, 0.717) is 46.2 Å². The van der Waals surface area contributed by atoms with Gasteiger partial charge in [0.15, 0.2) is 5.82 Å². The maximum Gasteiger partial charge on any atom is 0.338 e. The van der Waals surface area contributed by atoms with Crippen molar-refractivity contribution in [1.82, 2.24) is 10.1 Å². The molecule has 10 heteroatoms. The fourth-order valence-corrected chi connectivity index (χ4v) is 6.93. The first kappa shape index (κ1) is 28.2. The van der Waals surface area contributed by atoms with Gasteiger partial charge in [0.2, 0.25) is 5.89 Å². The second kappa shape index (κ2) is 11.1. The number of benzene rings is 1. The summed E-state index contributed by atoms with van der Waals surface area (Å²) in [6.07, 6.45) is 0. The van der Waals surface area contributed by atoms with Crippen LogP contribution in [0, 0.1) is 19.8 Å². The number of carbonyl (C=O) groups is 1. The zero-order chi connectivity index (χ0) is 25.8. The molecule has 0 aliphatic heterocycles. The predicted octanol–water partition coefficient (Wildman–Crippen LogP) is 5.43. The van der Waals surface area contributed by atoms with Gasteiger partial charge in [0.25, 0.3) is 8.32 Å². The van der Waals surface area contributed by atoms with Gasteiger partial charge < -0.3 is 24.2 Å². The van der Waals surface area contributed by atoms with Crippen LogP contribution in [0.1, 0.15) is 66.9 Å². The predicted molar refractivity (Wildman–Crippen MR) is 138 cm³/mol. The highest BCUT2D eigenvalue weighted by Gasteiger charge is 2.45. The van der Waals surface area contributed by atoms with Crippen LogP contribution in [0.2, 0.25) is 18.1 Å². The molecule has 0 aliphatic carbocycles. The van der Waals surface area contributed by atoms with Gasteiger partial charge in [-0.1, -0.05) is 32.9 Å². The fourth-order valence-electron chi connectivity index (χ4n) is 3.54. The summed E-state index contributed by atoms with van der Waals surface area (Å²) < 4.78 is 22.7. The quantitative estimate of drug-likeness (QED) is 0.313. The minimum atomic E-state index is -2.27. The maximum atomic E-state index is 12.9.